The fourth-order valence-electron chi connectivity index (χ4n) is 2.98. The molecule has 1 unspecified atom stereocenters. The molecule has 0 nitrogen and oxygen atoms in total. The van der Waals surface area contributed by atoms with E-state index in [1.54, 1.807) is 0 Å². The first kappa shape index (κ1) is 17.0. The molecule has 17 heavy (non-hydrogen) atoms. The predicted molar refractivity (Wildman–Crippen MR) is 80.3 cm³/mol. The Hall–Kier alpha value is 0. The summed E-state index contributed by atoms with van der Waals surface area (Å²) in [7, 11) is 0. The quantitative estimate of drug-likeness (QED) is 0.443. The first-order valence-corrected chi connectivity index (χ1v) is 7.88. The maximum atomic E-state index is 2.49. The van der Waals surface area contributed by atoms with Crippen molar-refractivity contribution < 1.29 is 0 Å². The summed E-state index contributed by atoms with van der Waals surface area (Å²) in [5.74, 6) is 2.58. The van der Waals surface area contributed by atoms with Crippen LogP contribution in [-0.4, -0.2) is 0 Å². The summed E-state index contributed by atoms with van der Waals surface area (Å²) in [5.41, 5.74) is 0.532. The van der Waals surface area contributed by atoms with E-state index in [0.717, 1.165) is 17.8 Å². The van der Waals surface area contributed by atoms with Crippen molar-refractivity contribution >= 4 is 0 Å². The first-order chi connectivity index (χ1) is 7.88. The minimum absolute atomic E-state index is 0.532. The van der Waals surface area contributed by atoms with Gasteiger partial charge in [-0.15, -0.1) is 0 Å². The van der Waals surface area contributed by atoms with E-state index in [0.29, 0.717) is 5.41 Å². The molecule has 0 aliphatic rings. The van der Waals surface area contributed by atoms with E-state index < -0.39 is 0 Å². The molecule has 0 saturated carbocycles. The normalized spacial score (nSPS) is 14.6. The fraction of sp³-hybridized carbons (Fsp3) is 1.00. The first-order valence-electron chi connectivity index (χ1n) is 7.88. The van der Waals surface area contributed by atoms with Crippen LogP contribution in [0.2, 0.25) is 0 Å². The zero-order chi connectivity index (χ0) is 13.5. The lowest BCUT2D eigenvalue weighted by atomic mass is 9.67. The van der Waals surface area contributed by atoms with E-state index in [1.165, 1.54) is 38.5 Å². The Balaban J connectivity index is 4.15. The molecule has 0 fully saturated rings. The summed E-state index contributed by atoms with van der Waals surface area (Å²) in [6.07, 6.45) is 8.42. The smallest absolute Gasteiger partial charge is 0.0280 e. The second-order valence-corrected chi connectivity index (χ2v) is 6.77. The summed E-state index contributed by atoms with van der Waals surface area (Å²) in [4.78, 5) is 0. The Morgan fingerprint density at radius 1 is 0.882 bits per heavy atom. The molecule has 0 N–H and O–H groups in total. The molecule has 0 heterocycles. The predicted octanol–water partition coefficient (Wildman–Crippen LogP) is 6.30. The molecule has 0 aliphatic carbocycles. The van der Waals surface area contributed by atoms with Gasteiger partial charge in [0.25, 0.3) is 0 Å². The highest BCUT2D eigenvalue weighted by molar-refractivity contribution is 4.81. The average molecular weight is 240 g/mol. The highest BCUT2D eigenvalue weighted by Gasteiger charge is 2.31. The molecule has 104 valence electrons. The lowest BCUT2D eigenvalue weighted by Gasteiger charge is -2.38. The van der Waals surface area contributed by atoms with E-state index in [9.17, 15) is 0 Å². The van der Waals surface area contributed by atoms with Crippen molar-refractivity contribution in [2.24, 2.45) is 23.2 Å². The summed E-state index contributed by atoms with van der Waals surface area (Å²) in [6, 6.07) is 0. The van der Waals surface area contributed by atoms with Gasteiger partial charge in [-0.3, -0.25) is 0 Å². The van der Waals surface area contributed by atoms with E-state index >= 15 is 0 Å². The van der Waals surface area contributed by atoms with Crippen molar-refractivity contribution in [1.82, 2.24) is 0 Å². The Morgan fingerprint density at radius 3 is 1.76 bits per heavy atom. The van der Waals surface area contributed by atoms with Crippen molar-refractivity contribution in [3.63, 3.8) is 0 Å². The second-order valence-electron chi connectivity index (χ2n) is 6.77. The van der Waals surface area contributed by atoms with Gasteiger partial charge in [0.15, 0.2) is 0 Å². The van der Waals surface area contributed by atoms with Crippen LogP contribution in [0.1, 0.15) is 87.0 Å². The molecule has 0 saturated heterocycles. The third-order valence-electron chi connectivity index (χ3n) is 5.24. The van der Waals surface area contributed by atoms with Crippen LogP contribution < -0.4 is 0 Å². The van der Waals surface area contributed by atoms with Gasteiger partial charge >= 0.3 is 0 Å². The highest BCUT2D eigenvalue weighted by Crippen LogP contribution is 2.40. The zero-order valence-electron chi connectivity index (χ0n) is 13.5. The van der Waals surface area contributed by atoms with Gasteiger partial charge in [-0.25, -0.2) is 0 Å². The molecular formula is C17H36. The number of hydrogen-bond donors (Lipinski definition) is 0. The molecule has 0 rings (SSSR count). The minimum Gasteiger partial charge on any atom is -0.0654 e. The van der Waals surface area contributed by atoms with E-state index in [1.807, 2.05) is 0 Å². The Morgan fingerprint density at radius 2 is 1.41 bits per heavy atom. The monoisotopic (exact) mass is 240 g/mol. The Kier molecular flexibility index (Phi) is 8.16. The van der Waals surface area contributed by atoms with E-state index in [4.69, 9.17) is 0 Å². The van der Waals surface area contributed by atoms with Gasteiger partial charge in [0.05, 0.1) is 0 Å². The largest absolute Gasteiger partial charge is 0.0654 e. The molecular weight excluding hydrogens is 204 g/mol. The average Bonchev–Trinajstić information content (AvgIpc) is 2.26. The fourth-order valence-corrected chi connectivity index (χ4v) is 2.98. The molecule has 0 aromatic carbocycles. The number of hydrogen-bond acceptors (Lipinski definition) is 0. The van der Waals surface area contributed by atoms with Crippen LogP contribution >= 0.6 is 0 Å². The van der Waals surface area contributed by atoms with Crippen molar-refractivity contribution in [1.29, 1.82) is 0 Å². The molecule has 0 heteroatoms. The van der Waals surface area contributed by atoms with Crippen LogP contribution in [0.15, 0.2) is 0 Å². The Bertz CT molecular complexity index is 170. The third kappa shape index (κ3) is 5.44. The minimum atomic E-state index is 0.532. The van der Waals surface area contributed by atoms with Crippen LogP contribution in [0.25, 0.3) is 0 Å². The zero-order valence-corrected chi connectivity index (χ0v) is 13.5. The van der Waals surface area contributed by atoms with Crippen LogP contribution in [0, 0.1) is 23.2 Å². The summed E-state index contributed by atoms with van der Waals surface area (Å²) < 4.78 is 0. The van der Waals surface area contributed by atoms with Crippen LogP contribution in [0.5, 0.6) is 0 Å². The second kappa shape index (κ2) is 8.16. The van der Waals surface area contributed by atoms with Crippen LogP contribution in [0.3, 0.4) is 0 Å². The van der Waals surface area contributed by atoms with E-state index in [2.05, 4.69) is 48.5 Å². The Labute approximate surface area is 111 Å². The van der Waals surface area contributed by atoms with Crippen molar-refractivity contribution in [3.05, 3.63) is 0 Å². The van der Waals surface area contributed by atoms with Gasteiger partial charge in [-0.1, -0.05) is 80.6 Å². The number of rotatable bonds is 9. The van der Waals surface area contributed by atoms with Crippen LogP contribution in [0.4, 0.5) is 0 Å². The van der Waals surface area contributed by atoms with E-state index in [-0.39, 0.29) is 0 Å². The molecule has 0 radical (unpaired) electrons. The molecule has 0 bridgehead atoms. The van der Waals surface area contributed by atoms with Crippen molar-refractivity contribution in [2.45, 2.75) is 87.0 Å². The van der Waals surface area contributed by atoms with Gasteiger partial charge in [-0.05, 0) is 29.6 Å². The topological polar surface area (TPSA) is 0 Å². The summed E-state index contributed by atoms with van der Waals surface area (Å²) in [5, 5.41) is 0. The molecule has 1 atom stereocenters. The lowest BCUT2D eigenvalue weighted by molar-refractivity contribution is 0.116. The maximum absolute atomic E-state index is 2.49. The van der Waals surface area contributed by atoms with Crippen LogP contribution in [-0.2, 0) is 0 Å². The molecule has 0 aromatic heterocycles. The van der Waals surface area contributed by atoms with Gasteiger partial charge in [-0.2, -0.15) is 0 Å². The molecule has 0 amide bonds. The SMILES string of the molecule is CCCC(CC)CCCC(C)(C(C)C)C(C)C. The van der Waals surface area contributed by atoms with Gasteiger partial charge in [0.2, 0.25) is 0 Å². The van der Waals surface area contributed by atoms with Gasteiger partial charge in [0, 0.05) is 0 Å². The summed E-state index contributed by atoms with van der Waals surface area (Å²) >= 11 is 0. The maximum Gasteiger partial charge on any atom is -0.0280 e. The molecule has 0 aliphatic heterocycles. The van der Waals surface area contributed by atoms with Crippen molar-refractivity contribution in [2.75, 3.05) is 0 Å². The molecule has 0 spiro atoms. The molecule has 0 aromatic rings. The highest BCUT2D eigenvalue weighted by atomic mass is 14.4. The van der Waals surface area contributed by atoms with Crippen molar-refractivity contribution in [3.8, 4) is 0 Å². The third-order valence-corrected chi connectivity index (χ3v) is 5.24. The lowest BCUT2D eigenvalue weighted by Crippen LogP contribution is -2.29. The standard InChI is InChI=1S/C17H36/c1-8-11-16(9-2)12-10-13-17(7,14(3)4)15(5)6/h14-16H,8-13H2,1-7H3. The van der Waals surface area contributed by atoms with Gasteiger partial charge in [0.1, 0.15) is 0 Å². The van der Waals surface area contributed by atoms with Gasteiger partial charge < -0.3 is 0 Å². The summed E-state index contributed by atoms with van der Waals surface area (Å²) in [6.45, 7) is 16.7.